The molecule has 29 heavy (non-hydrogen) atoms. The Morgan fingerprint density at radius 2 is 1.86 bits per heavy atom. The van der Waals surface area contributed by atoms with Crippen molar-refractivity contribution in [2.24, 2.45) is 11.8 Å². The van der Waals surface area contributed by atoms with E-state index in [1.165, 1.54) is 0 Å². The van der Waals surface area contributed by atoms with E-state index >= 15 is 0 Å². The molecule has 2 fully saturated rings. The highest BCUT2D eigenvalue weighted by molar-refractivity contribution is 5.84. The molecule has 0 radical (unpaired) electrons. The minimum atomic E-state index is -0.320. The van der Waals surface area contributed by atoms with Crippen LogP contribution in [0.2, 0.25) is 0 Å². The van der Waals surface area contributed by atoms with Gasteiger partial charge in [-0.2, -0.15) is 0 Å². The van der Waals surface area contributed by atoms with Gasteiger partial charge in [0.1, 0.15) is 11.5 Å². The zero-order chi connectivity index (χ0) is 20.8. The largest absolute Gasteiger partial charge is 0.497 e. The summed E-state index contributed by atoms with van der Waals surface area (Å²) >= 11 is 0. The van der Waals surface area contributed by atoms with Gasteiger partial charge in [-0.1, -0.05) is 18.9 Å². The van der Waals surface area contributed by atoms with Gasteiger partial charge in [-0.3, -0.25) is 9.59 Å². The van der Waals surface area contributed by atoms with Gasteiger partial charge in [0.2, 0.25) is 11.8 Å². The Hall–Kier alpha value is -2.28. The van der Waals surface area contributed by atoms with Gasteiger partial charge in [0.25, 0.3) is 0 Å². The molecule has 0 bridgehead atoms. The number of nitrogens with one attached hydrogen (secondary N) is 1. The number of benzene rings is 1. The molecular weight excluding hydrogens is 372 g/mol. The Bertz CT molecular complexity index is 717. The fourth-order valence-electron chi connectivity index (χ4n) is 4.53. The number of nitrogens with zero attached hydrogens (tertiary/aromatic N) is 1. The van der Waals surface area contributed by atoms with Crippen LogP contribution in [0.25, 0.3) is 0 Å². The summed E-state index contributed by atoms with van der Waals surface area (Å²) < 4.78 is 15.9. The molecular formula is C22H32N2O5. The van der Waals surface area contributed by atoms with Crippen LogP contribution in [0.1, 0.15) is 37.2 Å². The highest BCUT2D eigenvalue weighted by Gasteiger charge is 2.43. The smallest absolute Gasteiger partial charge is 0.225 e. The molecule has 1 aliphatic heterocycles. The second-order valence-corrected chi connectivity index (χ2v) is 7.83. The van der Waals surface area contributed by atoms with Crippen molar-refractivity contribution in [3.05, 3.63) is 23.8 Å². The SMILES string of the molecule is COCCNC(=O)[C@H]1CN(C(=O)C2CCCC2)C[C@@H]1c1ccc(OC)cc1OC. The summed E-state index contributed by atoms with van der Waals surface area (Å²) in [5.41, 5.74) is 0.932. The summed E-state index contributed by atoms with van der Waals surface area (Å²) in [7, 11) is 4.83. The molecule has 1 aromatic carbocycles. The normalized spacial score (nSPS) is 22.0. The number of carbonyl (C=O) groups excluding carboxylic acids is 2. The average Bonchev–Trinajstić information content (AvgIpc) is 3.43. The number of amides is 2. The van der Waals surface area contributed by atoms with E-state index in [4.69, 9.17) is 14.2 Å². The van der Waals surface area contributed by atoms with Crippen molar-refractivity contribution in [2.75, 3.05) is 47.6 Å². The lowest BCUT2D eigenvalue weighted by atomic mass is 9.87. The molecule has 2 aliphatic rings. The van der Waals surface area contributed by atoms with Gasteiger partial charge in [0, 0.05) is 50.2 Å². The van der Waals surface area contributed by atoms with Crippen LogP contribution in [-0.2, 0) is 14.3 Å². The van der Waals surface area contributed by atoms with Crippen molar-refractivity contribution in [2.45, 2.75) is 31.6 Å². The first kappa shape index (κ1) is 21.4. The predicted molar refractivity (Wildman–Crippen MR) is 109 cm³/mol. The van der Waals surface area contributed by atoms with Gasteiger partial charge < -0.3 is 24.4 Å². The Morgan fingerprint density at radius 1 is 1.10 bits per heavy atom. The Kier molecular flexibility index (Phi) is 7.36. The lowest BCUT2D eigenvalue weighted by Gasteiger charge is -2.21. The van der Waals surface area contributed by atoms with E-state index in [1.54, 1.807) is 21.3 Å². The lowest BCUT2D eigenvalue weighted by Crippen LogP contribution is -2.38. The van der Waals surface area contributed by atoms with Crippen molar-refractivity contribution >= 4 is 11.8 Å². The zero-order valence-corrected chi connectivity index (χ0v) is 17.6. The van der Waals surface area contributed by atoms with Gasteiger partial charge >= 0.3 is 0 Å². The monoisotopic (exact) mass is 404 g/mol. The lowest BCUT2D eigenvalue weighted by molar-refractivity contribution is -0.134. The first-order valence-electron chi connectivity index (χ1n) is 10.4. The standard InChI is InChI=1S/C22H32N2O5/c1-27-11-10-23-21(25)19-14-24(22(26)15-6-4-5-7-15)13-18(19)17-9-8-16(28-2)12-20(17)29-3/h8-9,12,15,18-19H,4-7,10-11,13-14H2,1-3H3,(H,23,25)/t18-,19+/m1/s1. The molecule has 1 N–H and O–H groups in total. The summed E-state index contributed by atoms with van der Waals surface area (Å²) in [6, 6.07) is 5.65. The van der Waals surface area contributed by atoms with Crippen LogP contribution < -0.4 is 14.8 Å². The summed E-state index contributed by atoms with van der Waals surface area (Å²) in [5.74, 6) is 1.17. The van der Waals surface area contributed by atoms with Crippen molar-refractivity contribution in [1.29, 1.82) is 0 Å². The maximum atomic E-state index is 13.0. The van der Waals surface area contributed by atoms with Crippen LogP contribution in [0.4, 0.5) is 0 Å². The first-order valence-corrected chi connectivity index (χ1v) is 10.4. The third kappa shape index (κ3) is 4.83. The third-order valence-electron chi connectivity index (χ3n) is 6.12. The molecule has 1 heterocycles. The van der Waals surface area contributed by atoms with Crippen molar-refractivity contribution in [3.8, 4) is 11.5 Å². The van der Waals surface area contributed by atoms with Crippen LogP contribution in [-0.4, -0.2) is 64.3 Å². The zero-order valence-electron chi connectivity index (χ0n) is 17.6. The second-order valence-electron chi connectivity index (χ2n) is 7.83. The van der Waals surface area contributed by atoms with E-state index in [-0.39, 0.29) is 29.6 Å². The molecule has 3 rings (SSSR count). The van der Waals surface area contributed by atoms with Gasteiger partial charge in [-0.25, -0.2) is 0 Å². The molecule has 7 heteroatoms. The topological polar surface area (TPSA) is 77.1 Å². The summed E-state index contributed by atoms with van der Waals surface area (Å²) in [6.45, 7) is 1.88. The van der Waals surface area contributed by atoms with Gasteiger partial charge in [-0.05, 0) is 18.9 Å². The van der Waals surface area contributed by atoms with Crippen molar-refractivity contribution in [1.82, 2.24) is 10.2 Å². The van der Waals surface area contributed by atoms with E-state index in [0.717, 1.165) is 31.2 Å². The van der Waals surface area contributed by atoms with Crippen LogP contribution in [0.15, 0.2) is 18.2 Å². The summed E-state index contributed by atoms with van der Waals surface area (Å²) in [6.07, 6.45) is 4.13. The van der Waals surface area contributed by atoms with E-state index in [2.05, 4.69) is 5.32 Å². The van der Waals surface area contributed by atoms with Gasteiger partial charge in [0.15, 0.2) is 0 Å². The number of ether oxygens (including phenoxy) is 3. The van der Waals surface area contributed by atoms with E-state index in [1.807, 2.05) is 23.1 Å². The highest BCUT2D eigenvalue weighted by Crippen LogP contribution is 2.40. The van der Waals surface area contributed by atoms with E-state index in [9.17, 15) is 9.59 Å². The van der Waals surface area contributed by atoms with Crippen molar-refractivity contribution < 1.29 is 23.8 Å². The molecule has 1 aliphatic carbocycles. The van der Waals surface area contributed by atoms with Gasteiger partial charge in [0.05, 0.1) is 26.7 Å². The molecule has 2 amide bonds. The number of likely N-dealkylation sites (tertiary alicyclic amines) is 1. The number of methoxy groups -OCH3 is 3. The van der Waals surface area contributed by atoms with Crippen molar-refractivity contribution in [3.63, 3.8) is 0 Å². The minimum absolute atomic E-state index is 0.0494. The Labute approximate surface area is 172 Å². The minimum Gasteiger partial charge on any atom is -0.497 e. The molecule has 0 unspecified atom stereocenters. The highest BCUT2D eigenvalue weighted by atomic mass is 16.5. The van der Waals surface area contributed by atoms with Crippen LogP contribution >= 0.6 is 0 Å². The van der Waals surface area contributed by atoms with Gasteiger partial charge in [-0.15, -0.1) is 0 Å². The quantitative estimate of drug-likeness (QED) is 0.672. The maximum Gasteiger partial charge on any atom is 0.225 e. The predicted octanol–water partition coefficient (Wildman–Crippen LogP) is 2.20. The number of hydrogen-bond acceptors (Lipinski definition) is 5. The first-order chi connectivity index (χ1) is 14.1. The molecule has 0 spiro atoms. The molecule has 1 saturated heterocycles. The number of hydrogen-bond donors (Lipinski definition) is 1. The Balaban J connectivity index is 1.84. The second kappa shape index (κ2) is 9.96. The maximum absolute atomic E-state index is 13.0. The fourth-order valence-corrected chi connectivity index (χ4v) is 4.53. The number of carbonyl (C=O) groups is 2. The molecule has 160 valence electrons. The molecule has 1 saturated carbocycles. The Morgan fingerprint density at radius 3 is 2.52 bits per heavy atom. The van der Waals surface area contributed by atoms with Crippen LogP contribution in [0, 0.1) is 11.8 Å². The molecule has 1 aromatic rings. The average molecular weight is 405 g/mol. The summed E-state index contributed by atoms with van der Waals surface area (Å²) in [4.78, 5) is 27.9. The van der Waals surface area contributed by atoms with E-state index < -0.39 is 0 Å². The van der Waals surface area contributed by atoms with E-state index in [0.29, 0.717) is 37.7 Å². The van der Waals surface area contributed by atoms with Crippen LogP contribution in [0.5, 0.6) is 11.5 Å². The summed E-state index contributed by atoms with van der Waals surface area (Å²) in [5, 5.41) is 2.95. The third-order valence-corrected chi connectivity index (χ3v) is 6.12. The fraction of sp³-hybridized carbons (Fsp3) is 0.636. The molecule has 7 nitrogen and oxygen atoms in total. The number of rotatable bonds is 8. The van der Waals surface area contributed by atoms with Crippen LogP contribution in [0.3, 0.4) is 0 Å². The molecule has 0 aromatic heterocycles. The molecule has 2 atom stereocenters.